The van der Waals surface area contributed by atoms with Crippen LogP contribution in [-0.4, -0.2) is 13.5 Å². The van der Waals surface area contributed by atoms with E-state index in [1.54, 1.807) is 24.4 Å². The van der Waals surface area contributed by atoms with Crippen molar-refractivity contribution in [2.45, 2.75) is 25.9 Å². The van der Waals surface area contributed by atoms with Crippen molar-refractivity contribution >= 4 is 23.5 Å². The maximum atomic E-state index is 12.2. The number of nitrogens with one attached hydrogen (secondary N) is 2. The molecule has 158 valence electrons. The molecule has 2 aromatic rings. The van der Waals surface area contributed by atoms with Crippen LogP contribution >= 0.6 is 0 Å². The molecule has 0 unspecified atom stereocenters. The molecular formula is C20H26F3N5O. The number of allylic oxidation sites excluding steroid dienone is 1. The van der Waals surface area contributed by atoms with Gasteiger partial charge in [-0.3, -0.25) is 9.80 Å². The lowest BCUT2D eigenvalue weighted by Gasteiger charge is -2.15. The summed E-state index contributed by atoms with van der Waals surface area (Å²) in [7, 11) is 1.46. The zero-order valence-corrected chi connectivity index (χ0v) is 16.3. The second kappa shape index (κ2) is 11.6. The molecule has 2 aromatic carbocycles. The molecule has 0 atom stereocenters. The van der Waals surface area contributed by atoms with Gasteiger partial charge in [-0.05, 0) is 42.8 Å². The van der Waals surface area contributed by atoms with Crippen LogP contribution in [0, 0.1) is 0 Å². The molecule has 6 N–H and O–H groups in total. The summed E-state index contributed by atoms with van der Waals surface area (Å²) >= 11 is 0. The molecule has 29 heavy (non-hydrogen) atoms. The minimum atomic E-state index is -4.28. The van der Waals surface area contributed by atoms with Crippen LogP contribution < -0.4 is 27.2 Å². The molecule has 2 rings (SSSR count). The molecule has 6 nitrogen and oxygen atoms in total. The highest BCUT2D eigenvalue weighted by Crippen LogP contribution is 2.34. The SMILES string of the molecule is CCC/C(N)=C/N(N)c1ccc(NC=O)cc1.CNc1ccccc1C(F)(F)F. The van der Waals surface area contributed by atoms with E-state index in [9.17, 15) is 18.0 Å². The maximum Gasteiger partial charge on any atom is 0.418 e. The number of benzene rings is 2. The molecule has 0 fully saturated rings. The summed E-state index contributed by atoms with van der Waals surface area (Å²) < 4.78 is 36.6. The number of hydrazine groups is 1. The van der Waals surface area contributed by atoms with E-state index in [0.717, 1.165) is 36.0 Å². The molecule has 0 aliphatic heterocycles. The molecule has 0 bridgehead atoms. The van der Waals surface area contributed by atoms with Crippen LogP contribution in [0.1, 0.15) is 25.3 Å². The van der Waals surface area contributed by atoms with Crippen molar-refractivity contribution in [2.75, 3.05) is 22.7 Å². The Kier molecular flexibility index (Phi) is 9.54. The van der Waals surface area contributed by atoms with Gasteiger partial charge in [-0.1, -0.05) is 25.5 Å². The zero-order valence-electron chi connectivity index (χ0n) is 16.3. The lowest BCUT2D eigenvalue weighted by Crippen LogP contribution is -2.25. The first-order valence-electron chi connectivity index (χ1n) is 8.87. The highest BCUT2D eigenvalue weighted by atomic mass is 19.4. The first-order valence-corrected chi connectivity index (χ1v) is 8.87. The van der Waals surface area contributed by atoms with E-state index in [2.05, 4.69) is 17.6 Å². The molecule has 0 aliphatic rings. The lowest BCUT2D eigenvalue weighted by molar-refractivity contribution is -0.137. The van der Waals surface area contributed by atoms with Crippen LogP contribution in [0.3, 0.4) is 0 Å². The van der Waals surface area contributed by atoms with Crippen LogP contribution in [0.15, 0.2) is 60.4 Å². The number of halogens is 3. The van der Waals surface area contributed by atoms with E-state index in [-0.39, 0.29) is 5.69 Å². The third-order valence-electron chi connectivity index (χ3n) is 3.74. The topological polar surface area (TPSA) is 96.4 Å². The van der Waals surface area contributed by atoms with Gasteiger partial charge in [-0.2, -0.15) is 13.2 Å². The predicted molar refractivity (Wildman–Crippen MR) is 111 cm³/mol. The number of amides is 1. The van der Waals surface area contributed by atoms with Gasteiger partial charge in [0.05, 0.1) is 11.3 Å². The number of carbonyl (C=O) groups excluding carboxylic acids is 1. The molecule has 9 heteroatoms. The van der Waals surface area contributed by atoms with E-state index >= 15 is 0 Å². The number of alkyl halides is 3. The summed E-state index contributed by atoms with van der Waals surface area (Å²) in [6, 6.07) is 12.5. The number of nitrogens with two attached hydrogens (primary N) is 2. The summed E-state index contributed by atoms with van der Waals surface area (Å²) in [4.78, 5) is 10.2. The van der Waals surface area contributed by atoms with Crippen molar-refractivity contribution in [3.05, 3.63) is 66.0 Å². The number of rotatable bonds is 7. The summed E-state index contributed by atoms with van der Waals surface area (Å²) in [5.41, 5.74) is 7.52. The van der Waals surface area contributed by atoms with Crippen molar-refractivity contribution in [1.82, 2.24) is 0 Å². The number of nitrogens with zero attached hydrogens (tertiary/aromatic N) is 1. The lowest BCUT2D eigenvalue weighted by atomic mass is 10.2. The van der Waals surface area contributed by atoms with Gasteiger partial charge in [0.2, 0.25) is 6.41 Å². The molecule has 0 spiro atoms. The standard InChI is InChI=1S/C12H18N4O.C8H8F3N/c1-2-3-10(13)8-16(14)12-6-4-11(5-7-12)15-9-17;1-12-7-5-3-2-4-6(7)8(9,10)11/h4-9H,2-3,13-14H2,1H3,(H,15,17);2-5,12H,1H3/b10-8-;. The smallest absolute Gasteiger partial charge is 0.401 e. The fourth-order valence-corrected chi connectivity index (χ4v) is 2.35. The third kappa shape index (κ3) is 8.14. The number of hydrogen-bond donors (Lipinski definition) is 4. The first kappa shape index (κ1) is 23.8. The quantitative estimate of drug-likeness (QED) is 0.311. The van der Waals surface area contributed by atoms with Crippen molar-refractivity contribution in [2.24, 2.45) is 11.6 Å². The zero-order chi connectivity index (χ0) is 21.9. The fraction of sp³-hybridized carbons (Fsp3) is 0.250. The molecule has 0 aromatic heterocycles. The van der Waals surface area contributed by atoms with Crippen LogP contribution in [0.25, 0.3) is 0 Å². The Morgan fingerprint density at radius 3 is 2.24 bits per heavy atom. The molecule has 0 heterocycles. The van der Waals surface area contributed by atoms with Crippen LogP contribution in [0.5, 0.6) is 0 Å². The van der Waals surface area contributed by atoms with Gasteiger partial charge in [0.25, 0.3) is 0 Å². The van der Waals surface area contributed by atoms with Crippen molar-refractivity contribution in [3.63, 3.8) is 0 Å². The van der Waals surface area contributed by atoms with Gasteiger partial charge in [0, 0.05) is 30.3 Å². The molecule has 0 radical (unpaired) electrons. The molecule has 0 saturated heterocycles. The normalized spacial score (nSPS) is 11.2. The van der Waals surface area contributed by atoms with Gasteiger partial charge < -0.3 is 16.4 Å². The van der Waals surface area contributed by atoms with E-state index < -0.39 is 11.7 Å². The minimum Gasteiger partial charge on any atom is -0.401 e. The van der Waals surface area contributed by atoms with E-state index in [1.807, 2.05) is 12.1 Å². The Morgan fingerprint density at radius 2 is 1.76 bits per heavy atom. The highest BCUT2D eigenvalue weighted by molar-refractivity contribution is 5.72. The Hall–Kier alpha value is -3.20. The summed E-state index contributed by atoms with van der Waals surface area (Å²) in [5.74, 6) is 5.84. The van der Waals surface area contributed by atoms with E-state index in [4.69, 9.17) is 11.6 Å². The molecule has 0 aliphatic carbocycles. The fourth-order valence-electron chi connectivity index (χ4n) is 2.35. The van der Waals surface area contributed by atoms with E-state index in [0.29, 0.717) is 6.41 Å². The molecule has 0 saturated carbocycles. The third-order valence-corrected chi connectivity index (χ3v) is 3.74. The predicted octanol–water partition coefficient (Wildman–Crippen LogP) is 4.28. The average molecular weight is 409 g/mol. The Morgan fingerprint density at radius 1 is 1.14 bits per heavy atom. The average Bonchev–Trinajstić information content (AvgIpc) is 2.68. The number of para-hydroxylation sites is 1. The highest BCUT2D eigenvalue weighted by Gasteiger charge is 2.32. The second-order valence-corrected chi connectivity index (χ2v) is 5.96. The number of hydrogen-bond acceptors (Lipinski definition) is 5. The maximum absolute atomic E-state index is 12.2. The second-order valence-electron chi connectivity index (χ2n) is 5.96. The monoisotopic (exact) mass is 409 g/mol. The van der Waals surface area contributed by atoms with Crippen molar-refractivity contribution in [3.8, 4) is 0 Å². The Balaban J connectivity index is 0.000000308. The van der Waals surface area contributed by atoms with E-state index in [1.165, 1.54) is 24.2 Å². The van der Waals surface area contributed by atoms with Crippen LogP contribution in [-0.2, 0) is 11.0 Å². The van der Waals surface area contributed by atoms with Crippen LogP contribution in [0.4, 0.5) is 30.2 Å². The van der Waals surface area contributed by atoms with Gasteiger partial charge in [-0.25, -0.2) is 5.84 Å². The first-order chi connectivity index (χ1) is 13.7. The molecule has 1 amide bonds. The summed E-state index contributed by atoms with van der Waals surface area (Å²) in [6.07, 6.45) is -0.142. The van der Waals surface area contributed by atoms with Crippen molar-refractivity contribution < 1.29 is 18.0 Å². The van der Waals surface area contributed by atoms with Gasteiger partial charge >= 0.3 is 6.18 Å². The number of carbonyl (C=O) groups is 1. The largest absolute Gasteiger partial charge is 0.418 e. The van der Waals surface area contributed by atoms with Gasteiger partial charge in [0.15, 0.2) is 0 Å². The Bertz CT molecular complexity index is 791. The van der Waals surface area contributed by atoms with Gasteiger partial charge in [0.1, 0.15) is 0 Å². The van der Waals surface area contributed by atoms with Crippen LogP contribution in [0.2, 0.25) is 0 Å². The van der Waals surface area contributed by atoms with Crippen molar-refractivity contribution in [1.29, 1.82) is 0 Å². The summed E-state index contributed by atoms with van der Waals surface area (Å²) in [5, 5.41) is 6.50. The summed E-state index contributed by atoms with van der Waals surface area (Å²) in [6.45, 7) is 2.06. The minimum absolute atomic E-state index is 0.102. The molecular weight excluding hydrogens is 383 g/mol. The Labute approximate surface area is 168 Å². The van der Waals surface area contributed by atoms with Gasteiger partial charge in [-0.15, -0.1) is 0 Å². The number of anilines is 3.